The van der Waals surface area contributed by atoms with Crippen LogP contribution in [0.25, 0.3) is 0 Å². The van der Waals surface area contributed by atoms with Crippen LogP contribution in [-0.4, -0.2) is 29.1 Å². The first-order chi connectivity index (χ1) is 9.24. The quantitative estimate of drug-likeness (QED) is 0.798. The van der Waals surface area contributed by atoms with Gasteiger partial charge in [0.1, 0.15) is 5.82 Å². The molecule has 1 aliphatic rings. The lowest BCUT2D eigenvalue weighted by Crippen LogP contribution is -2.27. The van der Waals surface area contributed by atoms with Crippen molar-refractivity contribution in [1.29, 1.82) is 0 Å². The molecule has 0 bridgehead atoms. The Hall–Kier alpha value is -0.760. The highest BCUT2D eigenvalue weighted by Crippen LogP contribution is 2.41. The van der Waals surface area contributed by atoms with Crippen LogP contribution >= 0.6 is 10.7 Å². The molecule has 0 amide bonds. The Balaban J connectivity index is 2.39. The number of alkyl halides is 2. The van der Waals surface area contributed by atoms with E-state index in [9.17, 15) is 17.2 Å². The van der Waals surface area contributed by atoms with E-state index in [1.807, 2.05) is 6.92 Å². The lowest BCUT2D eigenvalue weighted by molar-refractivity contribution is -0.0421. The lowest BCUT2D eigenvalue weighted by atomic mass is 9.86. The Morgan fingerprint density at radius 1 is 1.45 bits per heavy atom. The first kappa shape index (κ1) is 15.6. The maximum absolute atomic E-state index is 13.5. The van der Waals surface area contributed by atoms with Crippen LogP contribution in [0.15, 0.2) is 5.16 Å². The van der Waals surface area contributed by atoms with Gasteiger partial charge in [0.05, 0.1) is 0 Å². The first-order valence-electron chi connectivity index (χ1n) is 6.50. The Bertz CT molecular complexity index is 588. The van der Waals surface area contributed by atoms with E-state index in [1.54, 1.807) is 0 Å². The van der Waals surface area contributed by atoms with E-state index in [4.69, 9.17) is 10.7 Å². The summed E-state index contributed by atoms with van der Waals surface area (Å²) in [5, 5.41) is 7.03. The molecular weight excluding hydrogens is 312 g/mol. The molecule has 114 valence electrons. The van der Waals surface area contributed by atoms with E-state index in [0.717, 1.165) is 0 Å². The molecule has 0 radical (unpaired) electrons. The molecule has 0 spiro atoms. The fraction of sp³-hybridized carbons (Fsp3) is 0.818. The molecule has 1 aromatic heterocycles. The number of nitrogens with zero attached hydrogens (tertiary/aromatic N) is 3. The highest BCUT2D eigenvalue weighted by molar-refractivity contribution is 8.13. The van der Waals surface area contributed by atoms with Gasteiger partial charge in [0.2, 0.25) is 5.92 Å². The fourth-order valence-electron chi connectivity index (χ4n) is 2.61. The van der Waals surface area contributed by atoms with E-state index in [-0.39, 0.29) is 18.0 Å². The molecule has 1 aliphatic carbocycles. The molecule has 0 aromatic carbocycles. The van der Waals surface area contributed by atoms with Crippen molar-refractivity contribution in [3.63, 3.8) is 0 Å². The summed E-state index contributed by atoms with van der Waals surface area (Å²) in [6, 6.07) is 0. The second-order valence-electron chi connectivity index (χ2n) is 5.08. The summed E-state index contributed by atoms with van der Waals surface area (Å²) in [5.74, 6) is -2.92. The number of hydrogen-bond acceptors (Lipinski definition) is 4. The maximum atomic E-state index is 13.5. The van der Waals surface area contributed by atoms with Gasteiger partial charge in [-0.15, -0.1) is 10.2 Å². The highest BCUT2D eigenvalue weighted by atomic mass is 35.7. The minimum absolute atomic E-state index is 0.133. The van der Waals surface area contributed by atoms with Gasteiger partial charge in [0.25, 0.3) is 14.2 Å². The number of aromatic nitrogens is 3. The van der Waals surface area contributed by atoms with Crippen molar-refractivity contribution in [2.45, 2.75) is 62.6 Å². The Morgan fingerprint density at radius 2 is 2.15 bits per heavy atom. The van der Waals surface area contributed by atoms with Crippen LogP contribution in [0.2, 0.25) is 0 Å². The van der Waals surface area contributed by atoms with Crippen molar-refractivity contribution in [2.24, 2.45) is 0 Å². The molecular formula is C11H16ClF2N3O2S. The van der Waals surface area contributed by atoms with Crippen LogP contribution < -0.4 is 0 Å². The maximum Gasteiger partial charge on any atom is 0.296 e. The molecule has 20 heavy (non-hydrogen) atoms. The summed E-state index contributed by atoms with van der Waals surface area (Å²) in [5.41, 5.74) is 0. The second kappa shape index (κ2) is 5.55. The minimum Gasteiger partial charge on any atom is -0.301 e. The van der Waals surface area contributed by atoms with Crippen molar-refractivity contribution in [3.05, 3.63) is 5.82 Å². The smallest absolute Gasteiger partial charge is 0.296 e. The molecule has 1 unspecified atom stereocenters. The van der Waals surface area contributed by atoms with Crippen molar-refractivity contribution in [2.75, 3.05) is 0 Å². The number of rotatable bonds is 4. The Morgan fingerprint density at radius 3 is 2.70 bits per heavy atom. The van der Waals surface area contributed by atoms with Gasteiger partial charge in [-0.05, 0) is 19.3 Å². The van der Waals surface area contributed by atoms with E-state index in [0.29, 0.717) is 31.6 Å². The van der Waals surface area contributed by atoms with Gasteiger partial charge in [-0.2, -0.15) is 0 Å². The molecule has 1 aromatic rings. The fourth-order valence-corrected chi connectivity index (χ4v) is 3.54. The average molecular weight is 328 g/mol. The van der Waals surface area contributed by atoms with Crippen molar-refractivity contribution < 1.29 is 17.2 Å². The van der Waals surface area contributed by atoms with Crippen molar-refractivity contribution >= 4 is 19.7 Å². The SMILES string of the molecule is CCCn1c(C2CCCC(F)(F)C2)nnc1S(=O)(=O)Cl. The topological polar surface area (TPSA) is 64.8 Å². The van der Waals surface area contributed by atoms with Crippen LogP contribution in [0.4, 0.5) is 8.78 Å². The largest absolute Gasteiger partial charge is 0.301 e. The van der Waals surface area contributed by atoms with Gasteiger partial charge in [0.15, 0.2) is 0 Å². The van der Waals surface area contributed by atoms with Crippen molar-refractivity contribution in [3.8, 4) is 0 Å². The van der Waals surface area contributed by atoms with Gasteiger partial charge < -0.3 is 4.57 Å². The second-order valence-corrected chi connectivity index (χ2v) is 7.54. The Labute approximate surface area is 120 Å². The average Bonchev–Trinajstić information content (AvgIpc) is 2.71. The van der Waals surface area contributed by atoms with E-state index in [1.165, 1.54) is 4.57 Å². The van der Waals surface area contributed by atoms with Crippen LogP contribution in [0.3, 0.4) is 0 Å². The van der Waals surface area contributed by atoms with Crippen LogP contribution in [-0.2, 0) is 15.6 Å². The molecule has 0 saturated heterocycles. The molecule has 1 heterocycles. The number of hydrogen-bond donors (Lipinski definition) is 0. The molecule has 1 atom stereocenters. The third kappa shape index (κ3) is 3.28. The zero-order valence-electron chi connectivity index (χ0n) is 11.0. The van der Waals surface area contributed by atoms with E-state index < -0.39 is 20.9 Å². The van der Waals surface area contributed by atoms with Crippen molar-refractivity contribution in [1.82, 2.24) is 14.8 Å². The molecule has 1 fully saturated rings. The van der Waals surface area contributed by atoms with E-state index >= 15 is 0 Å². The molecule has 1 saturated carbocycles. The van der Waals surface area contributed by atoms with E-state index in [2.05, 4.69) is 10.2 Å². The van der Waals surface area contributed by atoms with Crippen LogP contribution in [0.5, 0.6) is 0 Å². The normalized spacial score (nSPS) is 22.9. The summed E-state index contributed by atoms with van der Waals surface area (Å²) in [6.45, 7) is 2.19. The predicted molar refractivity (Wildman–Crippen MR) is 69.5 cm³/mol. The highest BCUT2D eigenvalue weighted by Gasteiger charge is 2.39. The first-order valence-corrected chi connectivity index (χ1v) is 8.81. The van der Waals surface area contributed by atoms with Gasteiger partial charge in [-0.3, -0.25) is 0 Å². The Kier molecular flexibility index (Phi) is 4.34. The van der Waals surface area contributed by atoms with Crippen LogP contribution in [0.1, 0.15) is 50.8 Å². The molecule has 5 nitrogen and oxygen atoms in total. The molecule has 2 rings (SSSR count). The zero-order valence-corrected chi connectivity index (χ0v) is 12.6. The summed E-state index contributed by atoms with van der Waals surface area (Å²) in [4.78, 5) is 0. The molecule has 0 aliphatic heterocycles. The van der Waals surface area contributed by atoms with Gasteiger partial charge in [-0.1, -0.05) is 6.92 Å². The summed E-state index contributed by atoms with van der Waals surface area (Å²) in [7, 11) is 1.28. The minimum atomic E-state index is -4.03. The number of halogens is 3. The standard InChI is InChI=1S/C11H16ClF2N3O2S/c1-2-6-17-9(15-16-10(17)20(12,18)19)8-4-3-5-11(13,14)7-8/h8H,2-7H2,1H3. The monoisotopic (exact) mass is 327 g/mol. The zero-order chi connectivity index (χ0) is 15.0. The molecule has 9 heteroatoms. The predicted octanol–water partition coefficient (Wildman–Crippen LogP) is 2.91. The summed E-state index contributed by atoms with van der Waals surface area (Å²) >= 11 is 0. The van der Waals surface area contributed by atoms with Gasteiger partial charge >= 0.3 is 0 Å². The molecule has 0 N–H and O–H groups in total. The van der Waals surface area contributed by atoms with Gasteiger partial charge in [0, 0.05) is 36.0 Å². The lowest BCUT2D eigenvalue weighted by Gasteiger charge is -2.28. The third-order valence-corrected chi connectivity index (χ3v) is 4.57. The van der Waals surface area contributed by atoms with Crippen LogP contribution in [0, 0.1) is 0 Å². The van der Waals surface area contributed by atoms with Gasteiger partial charge in [-0.25, -0.2) is 17.2 Å². The third-order valence-electron chi connectivity index (χ3n) is 3.42. The summed E-state index contributed by atoms with van der Waals surface area (Å²) in [6.07, 6.45) is 1.12. The summed E-state index contributed by atoms with van der Waals surface area (Å²) < 4.78 is 51.2.